The Morgan fingerprint density at radius 2 is 2.24 bits per heavy atom. The first kappa shape index (κ1) is 14.4. The summed E-state index contributed by atoms with van der Waals surface area (Å²) in [6, 6.07) is 8.18. The van der Waals surface area contributed by atoms with Gasteiger partial charge in [0.15, 0.2) is 0 Å². The van der Waals surface area contributed by atoms with Crippen LogP contribution in [0.3, 0.4) is 0 Å². The molecule has 0 saturated carbocycles. The Morgan fingerprint density at radius 1 is 1.33 bits per heavy atom. The number of nitrogens with zero attached hydrogens (tertiary/aromatic N) is 1. The lowest BCUT2D eigenvalue weighted by atomic mass is 10.0. The van der Waals surface area contributed by atoms with Crippen molar-refractivity contribution >= 4 is 11.7 Å². The minimum Gasteiger partial charge on any atom is -0.378 e. The number of hydrogen-bond acceptors (Lipinski definition) is 2. The van der Waals surface area contributed by atoms with Crippen LogP contribution >= 0.6 is 0 Å². The van der Waals surface area contributed by atoms with Crippen LogP contribution in [0.25, 0.3) is 0 Å². The Labute approximate surface area is 126 Å². The number of amides is 2. The smallest absolute Gasteiger partial charge is 0.321 e. The third kappa shape index (κ3) is 3.56. The van der Waals surface area contributed by atoms with E-state index in [0.717, 1.165) is 44.6 Å². The van der Waals surface area contributed by atoms with Gasteiger partial charge in [-0.25, -0.2) is 4.79 Å². The molecule has 2 aliphatic heterocycles. The van der Waals surface area contributed by atoms with Crippen molar-refractivity contribution in [2.45, 2.75) is 44.6 Å². The van der Waals surface area contributed by atoms with Crippen LogP contribution in [-0.2, 0) is 11.2 Å². The lowest BCUT2D eigenvalue weighted by Gasteiger charge is -2.23. The number of hydrogen-bond donors (Lipinski definition) is 1. The molecule has 4 nitrogen and oxygen atoms in total. The Kier molecular flexibility index (Phi) is 4.76. The fraction of sp³-hybridized carbons (Fsp3) is 0.588. The predicted molar refractivity (Wildman–Crippen MR) is 83.7 cm³/mol. The van der Waals surface area contributed by atoms with Crippen LogP contribution in [0.15, 0.2) is 24.3 Å². The summed E-state index contributed by atoms with van der Waals surface area (Å²) in [4.78, 5) is 14.1. The summed E-state index contributed by atoms with van der Waals surface area (Å²) in [6.07, 6.45) is 7.06. The standard InChI is InChI=1S/C17H24N2O2/c20-17(18-11-5-8-15-7-3-4-13-21-15)19-12-10-14-6-1-2-9-16(14)19/h1-2,6,9,15H,3-5,7-8,10-13H2,(H,18,20). The van der Waals surface area contributed by atoms with Crippen LogP contribution in [0.2, 0.25) is 0 Å². The van der Waals surface area contributed by atoms with E-state index in [2.05, 4.69) is 11.4 Å². The molecule has 21 heavy (non-hydrogen) atoms. The van der Waals surface area contributed by atoms with Crippen LogP contribution in [0.4, 0.5) is 10.5 Å². The van der Waals surface area contributed by atoms with Gasteiger partial charge < -0.3 is 10.1 Å². The van der Waals surface area contributed by atoms with E-state index in [1.54, 1.807) is 0 Å². The first-order valence-corrected chi connectivity index (χ1v) is 8.09. The molecule has 2 aliphatic rings. The van der Waals surface area contributed by atoms with Gasteiger partial charge in [-0.15, -0.1) is 0 Å². The van der Waals surface area contributed by atoms with Crippen LogP contribution in [0, 0.1) is 0 Å². The van der Waals surface area contributed by atoms with E-state index in [-0.39, 0.29) is 6.03 Å². The SMILES string of the molecule is O=C(NCCCC1CCCCO1)N1CCc2ccccc21. The summed E-state index contributed by atoms with van der Waals surface area (Å²) >= 11 is 0. The van der Waals surface area contributed by atoms with Crippen LogP contribution in [-0.4, -0.2) is 31.8 Å². The van der Waals surface area contributed by atoms with Gasteiger partial charge in [-0.2, -0.15) is 0 Å². The quantitative estimate of drug-likeness (QED) is 0.865. The van der Waals surface area contributed by atoms with Gasteiger partial charge in [-0.1, -0.05) is 18.2 Å². The number of rotatable bonds is 4. The number of carbonyl (C=O) groups is 1. The van der Waals surface area contributed by atoms with E-state index in [1.165, 1.54) is 24.8 Å². The van der Waals surface area contributed by atoms with Crippen molar-refractivity contribution in [1.29, 1.82) is 0 Å². The van der Waals surface area contributed by atoms with E-state index < -0.39 is 0 Å². The number of nitrogens with one attached hydrogen (secondary N) is 1. The molecule has 1 unspecified atom stereocenters. The van der Waals surface area contributed by atoms with E-state index >= 15 is 0 Å². The summed E-state index contributed by atoms with van der Waals surface area (Å²) in [6.45, 7) is 2.43. The number of carbonyl (C=O) groups excluding carboxylic acids is 1. The molecule has 1 N–H and O–H groups in total. The zero-order valence-corrected chi connectivity index (χ0v) is 12.5. The van der Waals surface area contributed by atoms with E-state index in [9.17, 15) is 4.79 Å². The number of fused-ring (bicyclic) bond motifs is 1. The average molecular weight is 288 g/mol. The van der Waals surface area contributed by atoms with Gasteiger partial charge in [0.05, 0.1) is 6.10 Å². The molecule has 1 fully saturated rings. The maximum atomic E-state index is 12.2. The lowest BCUT2D eigenvalue weighted by Crippen LogP contribution is -2.39. The molecule has 0 spiro atoms. The van der Waals surface area contributed by atoms with Gasteiger partial charge in [0.25, 0.3) is 0 Å². The maximum absolute atomic E-state index is 12.2. The first-order valence-electron chi connectivity index (χ1n) is 8.09. The molecular weight excluding hydrogens is 264 g/mol. The molecule has 4 heteroatoms. The van der Waals surface area contributed by atoms with E-state index in [0.29, 0.717) is 6.10 Å². The molecule has 3 rings (SSSR count). The molecule has 0 aliphatic carbocycles. The van der Waals surface area contributed by atoms with Gasteiger partial charge in [-0.3, -0.25) is 4.90 Å². The first-order chi connectivity index (χ1) is 10.3. The van der Waals surface area contributed by atoms with Crippen molar-refractivity contribution in [2.24, 2.45) is 0 Å². The highest BCUT2D eigenvalue weighted by atomic mass is 16.5. The molecule has 114 valence electrons. The maximum Gasteiger partial charge on any atom is 0.321 e. The molecule has 0 aromatic heterocycles. The van der Waals surface area contributed by atoms with Crippen LogP contribution in [0.5, 0.6) is 0 Å². The summed E-state index contributed by atoms with van der Waals surface area (Å²) in [7, 11) is 0. The third-order valence-corrected chi connectivity index (χ3v) is 4.39. The topological polar surface area (TPSA) is 41.6 Å². The fourth-order valence-corrected chi connectivity index (χ4v) is 3.20. The second-order valence-corrected chi connectivity index (χ2v) is 5.89. The molecule has 2 heterocycles. The molecule has 1 aromatic rings. The Hall–Kier alpha value is -1.55. The van der Waals surface area contributed by atoms with Crippen LogP contribution in [0.1, 0.15) is 37.7 Å². The van der Waals surface area contributed by atoms with Crippen LogP contribution < -0.4 is 10.2 Å². The van der Waals surface area contributed by atoms with Gasteiger partial charge in [0.1, 0.15) is 0 Å². The highest BCUT2D eigenvalue weighted by molar-refractivity contribution is 5.94. The molecule has 0 bridgehead atoms. The molecule has 2 amide bonds. The van der Waals surface area contributed by atoms with Crippen molar-refractivity contribution in [2.75, 3.05) is 24.6 Å². The highest BCUT2D eigenvalue weighted by Crippen LogP contribution is 2.27. The van der Waals surface area contributed by atoms with Gasteiger partial charge in [0.2, 0.25) is 0 Å². The number of urea groups is 1. The zero-order valence-electron chi connectivity index (χ0n) is 12.5. The van der Waals surface area contributed by atoms with Crippen molar-refractivity contribution in [3.8, 4) is 0 Å². The molecule has 1 aromatic carbocycles. The Morgan fingerprint density at radius 3 is 3.10 bits per heavy atom. The van der Waals surface area contributed by atoms with E-state index in [4.69, 9.17) is 4.74 Å². The summed E-state index contributed by atoms with van der Waals surface area (Å²) in [5.74, 6) is 0. The van der Waals surface area contributed by atoms with E-state index in [1.807, 2.05) is 23.1 Å². The summed E-state index contributed by atoms with van der Waals surface area (Å²) < 4.78 is 5.71. The molecule has 1 saturated heterocycles. The molecule has 0 radical (unpaired) electrons. The summed E-state index contributed by atoms with van der Waals surface area (Å²) in [5.41, 5.74) is 2.33. The van der Waals surface area contributed by atoms with Crippen molar-refractivity contribution in [1.82, 2.24) is 5.32 Å². The van der Waals surface area contributed by atoms with Crippen molar-refractivity contribution in [3.05, 3.63) is 29.8 Å². The largest absolute Gasteiger partial charge is 0.378 e. The number of ether oxygens (including phenoxy) is 1. The van der Waals surface area contributed by atoms with Gasteiger partial charge in [0, 0.05) is 25.4 Å². The third-order valence-electron chi connectivity index (χ3n) is 4.39. The highest BCUT2D eigenvalue weighted by Gasteiger charge is 2.23. The number of anilines is 1. The second kappa shape index (κ2) is 6.94. The minimum absolute atomic E-state index is 0.0320. The van der Waals surface area contributed by atoms with Crippen molar-refractivity contribution in [3.63, 3.8) is 0 Å². The van der Waals surface area contributed by atoms with Gasteiger partial charge in [-0.05, 0) is 50.2 Å². The Bertz CT molecular complexity index is 483. The predicted octanol–water partition coefficient (Wildman–Crippen LogP) is 3.11. The normalized spacial score (nSPS) is 21.1. The fourth-order valence-electron chi connectivity index (χ4n) is 3.20. The second-order valence-electron chi connectivity index (χ2n) is 5.89. The monoisotopic (exact) mass is 288 g/mol. The summed E-state index contributed by atoms with van der Waals surface area (Å²) in [5, 5.41) is 3.04. The number of benzene rings is 1. The minimum atomic E-state index is 0.0320. The van der Waals surface area contributed by atoms with Gasteiger partial charge >= 0.3 is 6.03 Å². The molecule has 1 atom stereocenters. The Balaban J connectivity index is 1.41. The lowest BCUT2D eigenvalue weighted by molar-refractivity contribution is 0.0103. The van der Waals surface area contributed by atoms with Crippen molar-refractivity contribution < 1.29 is 9.53 Å². The number of para-hydroxylation sites is 1. The molecular formula is C17H24N2O2. The zero-order chi connectivity index (χ0) is 14.5. The average Bonchev–Trinajstić information content (AvgIpc) is 2.96.